The van der Waals surface area contributed by atoms with Gasteiger partial charge >= 0.3 is 6.09 Å². The van der Waals surface area contributed by atoms with Gasteiger partial charge < -0.3 is 14.5 Å². The lowest BCUT2D eigenvalue weighted by Crippen LogP contribution is -2.51. The van der Waals surface area contributed by atoms with Crippen molar-refractivity contribution in [2.24, 2.45) is 46.3 Å². The Bertz CT molecular complexity index is 835. The van der Waals surface area contributed by atoms with E-state index in [1.165, 1.54) is 57.8 Å². The molecular weight excluding hydrogens is 583 g/mol. The summed E-state index contributed by atoms with van der Waals surface area (Å²) in [5.74, 6) is 5.21. The zero-order chi connectivity index (χ0) is 27.0. The maximum atomic E-state index is 12.5. The number of nitrogens with zero attached hydrogens (tertiary/aromatic N) is 1. The minimum absolute atomic E-state index is 0. The third kappa shape index (κ3) is 6.94. The van der Waals surface area contributed by atoms with E-state index < -0.39 is 0 Å². The molecule has 3 saturated carbocycles. The molecule has 0 aliphatic heterocycles. The van der Waals surface area contributed by atoms with Gasteiger partial charge in [-0.15, -0.1) is 24.0 Å². The predicted octanol–water partition coefficient (Wildman–Crippen LogP) is 8.45. The number of likely N-dealkylation sites (N-methyl/N-ethyl adjacent to an activating group) is 1. The first-order valence-electron chi connectivity index (χ1n) is 15.8. The Balaban J connectivity index is 0.00000400. The van der Waals surface area contributed by atoms with E-state index in [4.69, 9.17) is 4.74 Å². The number of quaternary nitrogens is 1. The van der Waals surface area contributed by atoms with Crippen molar-refractivity contribution < 1.29 is 14.0 Å². The fourth-order valence-corrected chi connectivity index (χ4v) is 9.44. The molecule has 0 spiro atoms. The second-order valence-corrected chi connectivity index (χ2v) is 15.5. The van der Waals surface area contributed by atoms with Gasteiger partial charge in [-0.25, -0.2) is 4.79 Å². The number of ether oxygens (including phenoxy) is 1. The zero-order valence-electron chi connectivity index (χ0n) is 26.0. The quantitative estimate of drug-likeness (QED) is 0.156. The number of fused-ring (bicyclic) bond motifs is 5. The molecule has 0 aromatic carbocycles. The molecule has 0 aromatic rings. The summed E-state index contributed by atoms with van der Waals surface area (Å²) in [6, 6.07) is 0. The van der Waals surface area contributed by atoms with Crippen molar-refractivity contribution in [1.29, 1.82) is 0 Å². The van der Waals surface area contributed by atoms with Crippen LogP contribution in [-0.2, 0) is 4.74 Å². The first kappa shape index (κ1) is 32.2. The average molecular weight is 644 g/mol. The van der Waals surface area contributed by atoms with Crippen LogP contribution in [0.25, 0.3) is 0 Å². The number of halogens is 1. The number of carbonyl (C=O) groups is 1. The summed E-state index contributed by atoms with van der Waals surface area (Å²) in [5, 5.41) is 2.98. The molecule has 1 N–H and O–H groups in total. The number of carbonyl (C=O) groups excluding carboxylic acids is 1. The van der Waals surface area contributed by atoms with Gasteiger partial charge in [-0.3, -0.25) is 0 Å². The van der Waals surface area contributed by atoms with E-state index in [9.17, 15) is 4.79 Å². The maximum Gasteiger partial charge on any atom is 0.407 e. The highest BCUT2D eigenvalue weighted by Crippen LogP contribution is 2.67. The number of amides is 1. The van der Waals surface area contributed by atoms with Crippen LogP contribution in [0.1, 0.15) is 105 Å². The van der Waals surface area contributed by atoms with E-state index in [0.717, 1.165) is 59.4 Å². The number of alkyl carbamates (subject to hydrolysis) is 1. The predicted molar refractivity (Wildman–Crippen MR) is 170 cm³/mol. The Labute approximate surface area is 252 Å². The molecule has 0 aromatic heterocycles. The summed E-state index contributed by atoms with van der Waals surface area (Å²) in [6.07, 6.45) is 16.8. The van der Waals surface area contributed by atoms with E-state index >= 15 is 0 Å². The molecule has 4 aliphatic rings. The van der Waals surface area contributed by atoms with Gasteiger partial charge in [0.15, 0.2) is 0 Å². The average Bonchev–Trinajstić information content (AvgIpc) is 3.15. The first-order valence-corrected chi connectivity index (χ1v) is 15.8. The second-order valence-electron chi connectivity index (χ2n) is 15.5. The van der Waals surface area contributed by atoms with Crippen LogP contribution in [0.5, 0.6) is 0 Å². The highest BCUT2D eigenvalue weighted by atomic mass is 127. The van der Waals surface area contributed by atoms with E-state index in [1.807, 2.05) is 0 Å². The molecule has 4 aliphatic carbocycles. The van der Waals surface area contributed by atoms with E-state index in [1.54, 1.807) is 5.57 Å². The van der Waals surface area contributed by atoms with Crippen LogP contribution < -0.4 is 5.32 Å². The number of nitrogens with one attached hydrogen (secondary N) is 1. The topological polar surface area (TPSA) is 38.3 Å². The monoisotopic (exact) mass is 643 g/mol. The van der Waals surface area contributed by atoms with E-state index in [0.29, 0.717) is 17.4 Å². The van der Waals surface area contributed by atoms with Crippen molar-refractivity contribution in [3.63, 3.8) is 0 Å². The van der Waals surface area contributed by atoms with Crippen LogP contribution in [0.2, 0.25) is 0 Å². The van der Waals surface area contributed by atoms with Crippen molar-refractivity contribution in [1.82, 2.24) is 5.32 Å². The standard InChI is InChI=1S/C33H58N2O2.HI/c1-23(2)10-9-11-24(3)28-14-15-29-27-13-12-25-22-26(37-31(36)34-20-21-35(6,7)8)16-18-32(25,4)30(27)17-19-33(28,29)5;/h12,23-24,26-30H,9-11,13-22H2,1-8H3;1H/p+1/t24-,26?,27+,28-,29+,30+,32+,33-;/m1./s1. The Morgan fingerprint density at radius 1 is 1.05 bits per heavy atom. The lowest BCUT2D eigenvalue weighted by atomic mass is 9.47. The normalized spacial score (nSPS) is 37.3. The van der Waals surface area contributed by atoms with Crippen LogP contribution in [0.3, 0.4) is 0 Å². The SMILES string of the molecule is CC(C)CCC[C@@H](C)[C@H]1CC[C@H]2[C@@H]3CC=C4CC(OC(=O)NCC[N+](C)(C)C)CC[C@]4(C)[C@H]3CC[C@]12C.I. The molecule has 3 fully saturated rings. The molecule has 0 bridgehead atoms. The third-order valence-corrected chi connectivity index (χ3v) is 11.6. The van der Waals surface area contributed by atoms with Crippen LogP contribution in [0.4, 0.5) is 4.79 Å². The molecule has 220 valence electrons. The molecule has 38 heavy (non-hydrogen) atoms. The summed E-state index contributed by atoms with van der Waals surface area (Å²) in [6.45, 7) is 14.1. The summed E-state index contributed by atoms with van der Waals surface area (Å²) in [4.78, 5) is 12.5. The molecule has 4 rings (SSSR count). The van der Waals surface area contributed by atoms with E-state index in [-0.39, 0.29) is 36.2 Å². The van der Waals surface area contributed by atoms with Crippen LogP contribution in [0, 0.1) is 46.3 Å². The minimum atomic E-state index is -0.232. The van der Waals surface area contributed by atoms with Crippen molar-refractivity contribution in [3.05, 3.63) is 11.6 Å². The lowest BCUT2D eigenvalue weighted by molar-refractivity contribution is -0.869. The molecule has 8 atom stereocenters. The van der Waals surface area contributed by atoms with Crippen LogP contribution in [0.15, 0.2) is 11.6 Å². The summed E-state index contributed by atoms with van der Waals surface area (Å²) in [5.41, 5.74) is 2.46. The fraction of sp³-hybridized carbons (Fsp3) is 0.909. The van der Waals surface area contributed by atoms with Gasteiger partial charge in [-0.2, -0.15) is 0 Å². The summed E-state index contributed by atoms with van der Waals surface area (Å²) >= 11 is 0. The number of hydrogen-bond donors (Lipinski definition) is 1. The lowest BCUT2D eigenvalue weighted by Gasteiger charge is -2.58. The largest absolute Gasteiger partial charge is 0.446 e. The van der Waals surface area contributed by atoms with Gasteiger partial charge in [0.25, 0.3) is 0 Å². The Morgan fingerprint density at radius 3 is 2.47 bits per heavy atom. The maximum absolute atomic E-state index is 12.5. The molecule has 0 radical (unpaired) electrons. The zero-order valence-corrected chi connectivity index (χ0v) is 28.3. The van der Waals surface area contributed by atoms with Gasteiger partial charge in [-0.1, -0.05) is 65.5 Å². The van der Waals surface area contributed by atoms with Crippen LogP contribution >= 0.6 is 24.0 Å². The molecule has 0 heterocycles. The molecule has 4 nitrogen and oxygen atoms in total. The Kier molecular flexibility index (Phi) is 10.8. The van der Waals surface area contributed by atoms with Crippen LogP contribution in [-0.4, -0.2) is 50.9 Å². The highest BCUT2D eigenvalue weighted by Gasteiger charge is 2.59. The van der Waals surface area contributed by atoms with Crippen molar-refractivity contribution in [2.45, 2.75) is 111 Å². The molecular formula is C33H60IN2O2+. The van der Waals surface area contributed by atoms with Gasteiger partial charge in [0.2, 0.25) is 0 Å². The third-order valence-electron chi connectivity index (χ3n) is 11.6. The highest BCUT2D eigenvalue weighted by molar-refractivity contribution is 14.0. The second kappa shape index (κ2) is 12.7. The smallest absolute Gasteiger partial charge is 0.407 e. The van der Waals surface area contributed by atoms with Gasteiger partial charge in [0.05, 0.1) is 34.2 Å². The minimum Gasteiger partial charge on any atom is -0.446 e. The number of hydrogen-bond acceptors (Lipinski definition) is 2. The van der Waals surface area contributed by atoms with E-state index in [2.05, 4.69) is 67.2 Å². The summed E-state index contributed by atoms with van der Waals surface area (Å²) < 4.78 is 6.75. The number of rotatable bonds is 9. The van der Waals surface area contributed by atoms with Crippen molar-refractivity contribution in [2.75, 3.05) is 34.2 Å². The molecule has 1 unspecified atom stereocenters. The fourth-order valence-electron chi connectivity index (χ4n) is 9.44. The van der Waals surface area contributed by atoms with Gasteiger partial charge in [0, 0.05) is 6.42 Å². The molecule has 5 heteroatoms. The van der Waals surface area contributed by atoms with Crippen molar-refractivity contribution >= 4 is 30.1 Å². The molecule has 1 amide bonds. The van der Waals surface area contributed by atoms with Crippen molar-refractivity contribution in [3.8, 4) is 0 Å². The van der Waals surface area contributed by atoms with Gasteiger partial charge in [-0.05, 0) is 91.3 Å². The Hall–Kier alpha value is -0.300. The Morgan fingerprint density at radius 2 is 1.79 bits per heavy atom. The number of allylic oxidation sites excluding steroid dienone is 1. The van der Waals surface area contributed by atoms with Gasteiger partial charge in [0.1, 0.15) is 6.10 Å². The first-order chi connectivity index (χ1) is 17.3. The summed E-state index contributed by atoms with van der Waals surface area (Å²) in [7, 11) is 6.43. The molecule has 0 saturated heterocycles.